The van der Waals surface area contributed by atoms with E-state index < -0.39 is 5.97 Å². The van der Waals surface area contributed by atoms with Crippen molar-refractivity contribution in [2.24, 2.45) is 0 Å². The summed E-state index contributed by atoms with van der Waals surface area (Å²) in [5.41, 5.74) is 1.87. The molecular formula is C15H22N2O3S. The SMILES string of the molecule is CN(C)CCN(CC(=O)O)C(=O)c1csc2c1CCCC2. The molecule has 1 N–H and O–H groups in total. The number of carboxylic acid groups (broad SMARTS) is 1. The Kier molecular flexibility index (Phi) is 5.36. The van der Waals surface area contributed by atoms with Crippen LogP contribution in [0.15, 0.2) is 5.38 Å². The lowest BCUT2D eigenvalue weighted by atomic mass is 9.95. The third-order valence-electron chi connectivity index (χ3n) is 3.72. The molecule has 0 saturated carbocycles. The average Bonchev–Trinajstić information content (AvgIpc) is 2.86. The van der Waals surface area contributed by atoms with E-state index in [1.54, 1.807) is 11.3 Å². The van der Waals surface area contributed by atoms with Crippen LogP contribution in [0.2, 0.25) is 0 Å². The van der Waals surface area contributed by atoms with Gasteiger partial charge in [-0.1, -0.05) is 0 Å². The second-order valence-corrected chi connectivity index (χ2v) is 6.65. The monoisotopic (exact) mass is 310 g/mol. The number of aliphatic carboxylic acids is 1. The highest BCUT2D eigenvalue weighted by atomic mass is 32.1. The minimum absolute atomic E-state index is 0.140. The van der Waals surface area contributed by atoms with Crippen molar-refractivity contribution in [2.75, 3.05) is 33.7 Å². The number of aryl methyl sites for hydroxylation is 1. The molecule has 0 unspecified atom stereocenters. The maximum atomic E-state index is 12.7. The molecule has 0 fully saturated rings. The number of carbonyl (C=O) groups excluding carboxylic acids is 1. The summed E-state index contributed by atoms with van der Waals surface area (Å²) in [6.07, 6.45) is 4.28. The fourth-order valence-corrected chi connectivity index (χ4v) is 3.70. The maximum Gasteiger partial charge on any atom is 0.323 e. The summed E-state index contributed by atoms with van der Waals surface area (Å²) >= 11 is 1.64. The Morgan fingerprint density at radius 2 is 1.95 bits per heavy atom. The Labute approximate surface area is 129 Å². The Morgan fingerprint density at radius 3 is 2.62 bits per heavy atom. The van der Waals surface area contributed by atoms with Gasteiger partial charge in [0, 0.05) is 23.3 Å². The summed E-state index contributed by atoms with van der Waals surface area (Å²) in [5.74, 6) is -1.11. The van der Waals surface area contributed by atoms with E-state index in [1.807, 2.05) is 24.4 Å². The number of amides is 1. The van der Waals surface area contributed by atoms with Gasteiger partial charge in [-0.2, -0.15) is 0 Å². The number of rotatable bonds is 6. The zero-order chi connectivity index (χ0) is 15.4. The summed E-state index contributed by atoms with van der Waals surface area (Å²) in [6, 6.07) is 0. The summed E-state index contributed by atoms with van der Waals surface area (Å²) < 4.78 is 0. The van der Waals surface area contributed by atoms with Crippen molar-refractivity contribution < 1.29 is 14.7 Å². The van der Waals surface area contributed by atoms with Crippen LogP contribution in [0.5, 0.6) is 0 Å². The highest BCUT2D eigenvalue weighted by Gasteiger charge is 2.25. The van der Waals surface area contributed by atoms with Gasteiger partial charge in [0.05, 0.1) is 5.56 Å². The van der Waals surface area contributed by atoms with Crippen molar-refractivity contribution in [1.29, 1.82) is 0 Å². The molecule has 0 aliphatic heterocycles. The third kappa shape index (κ3) is 4.04. The summed E-state index contributed by atoms with van der Waals surface area (Å²) in [6.45, 7) is 0.853. The molecule has 6 heteroatoms. The number of nitrogens with zero attached hydrogens (tertiary/aromatic N) is 2. The van der Waals surface area contributed by atoms with Crippen molar-refractivity contribution in [3.8, 4) is 0 Å². The van der Waals surface area contributed by atoms with Crippen LogP contribution in [-0.4, -0.2) is 60.5 Å². The van der Waals surface area contributed by atoms with Gasteiger partial charge in [-0.25, -0.2) is 0 Å². The smallest absolute Gasteiger partial charge is 0.323 e. The molecule has 0 spiro atoms. The largest absolute Gasteiger partial charge is 0.480 e. The molecule has 1 aliphatic rings. The van der Waals surface area contributed by atoms with E-state index in [0.29, 0.717) is 13.1 Å². The number of thiophene rings is 1. The molecule has 0 bridgehead atoms. The molecule has 0 radical (unpaired) electrons. The first-order valence-electron chi connectivity index (χ1n) is 7.24. The molecular weight excluding hydrogens is 288 g/mol. The number of carbonyl (C=O) groups is 2. The van der Waals surface area contributed by atoms with E-state index in [-0.39, 0.29) is 12.5 Å². The molecule has 1 aliphatic carbocycles. The van der Waals surface area contributed by atoms with E-state index >= 15 is 0 Å². The molecule has 1 amide bonds. The number of hydrogen-bond donors (Lipinski definition) is 1. The topological polar surface area (TPSA) is 60.9 Å². The lowest BCUT2D eigenvalue weighted by molar-refractivity contribution is -0.137. The number of carboxylic acids is 1. The van der Waals surface area contributed by atoms with Crippen LogP contribution in [0.3, 0.4) is 0 Å². The minimum Gasteiger partial charge on any atom is -0.480 e. The zero-order valence-electron chi connectivity index (χ0n) is 12.6. The zero-order valence-corrected chi connectivity index (χ0v) is 13.4. The van der Waals surface area contributed by atoms with Crippen LogP contribution in [0, 0.1) is 0 Å². The molecule has 1 heterocycles. The lowest BCUT2D eigenvalue weighted by Gasteiger charge is -2.23. The van der Waals surface area contributed by atoms with Crippen LogP contribution < -0.4 is 0 Å². The third-order valence-corrected chi connectivity index (χ3v) is 4.81. The van der Waals surface area contributed by atoms with Crippen LogP contribution in [0.1, 0.15) is 33.6 Å². The molecule has 1 aromatic heterocycles. The average molecular weight is 310 g/mol. The normalized spacial score (nSPS) is 14.0. The lowest BCUT2D eigenvalue weighted by Crippen LogP contribution is -2.40. The molecule has 5 nitrogen and oxygen atoms in total. The van der Waals surface area contributed by atoms with Crippen LogP contribution in [-0.2, 0) is 17.6 Å². The summed E-state index contributed by atoms with van der Waals surface area (Å²) in [4.78, 5) is 28.4. The maximum absolute atomic E-state index is 12.7. The molecule has 0 aromatic carbocycles. The van der Waals surface area contributed by atoms with Gasteiger partial charge in [0.25, 0.3) is 5.91 Å². The van der Waals surface area contributed by atoms with Crippen LogP contribution >= 0.6 is 11.3 Å². The highest BCUT2D eigenvalue weighted by Crippen LogP contribution is 2.30. The molecule has 2 rings (SSSR count). The van der Waals surface area contributed by atoms with Gasteiger partial charge >= 0.3 is 5.97 Å². The number of hydrogen-bond acceptors (Lipinski definition) is 4. The van der Waals surface area contributed by atoms with Crippen molar-refractivity contribution in [1.82, 2.24) is 9.80 Å². The van der Waals surface area contributed by atoms with Gasteiger partial charge < -0.3 is 14.9 Å². The molecule has 0 atom stereocenters. The van der Waals surface area contributed by atoms with E-state index in [4.69, 9.17) is 5.11 Å². The first-order chi connectivity index (χ1) is 9.99. The first kappa shape index (κ1) is 16.0. The van der Waals surface area contributed by atoms with E-state index in [2.05, 4.69) is 0 Å². The Hall–Kier alpha value is -1.40. The fraction of sp³-hybridized carbons (Fsp3) is 0.600. The number of likely N-dealkylation sites (N-methyl/N-ethyl adjacent to an activating group) is 1. The minimum atomic E-state index is -0.966. The second kappa shape index (κ2) is 7.04. The summed E-state index contributed by atoms with van der Waals surface area (Å²) in [5, 5.41) is 10.9. The van der Waals surface area contributed by atoms with E-state index in [0.717, 1.165) is 30.4 Å². The van der Waals surface area contributed by atoms with Crippen molar-refractivity contribution in [3.05, 3.63) is 21.4 Å². The number of fused-ring (bicyclic) bond motifs is 1. The van der Waals surface area contributed by atoms with Crippen molar-refractivity contribution in [3.63, 3.8) is 0 Å². The molecule has 0 saturated heterocycles. The Balaban J connectivity index is 2.16. The van der Waals surface area contributed by atoms with Gasteiger partial charge in [-0.05, 0) is 45.3 Å². The molecule has 116 valence electrons. The predicted molar refractivity (Wildman–Crippen MR) is 83.1 cm³/mol. The molecule has 21 heavy (non-hydrogen) atoms. The van der Waals surface area contributed by atoms with Gasteiger partial charge in [0.15, 0.2) is 0 Å². The second-order valence-electron chi connectivity index (χ2n) is 5.68. The van der Waals surface area contributed by atoms with E-state index in [9.17, 15) is 9.59 Å². The standard InChI is InChI=1S/C15H22N2O3S/c1-16(2)7-8-17(9-14(18)19)15(20)12-10-21-13-6-4-3-5-11(12)13/h10H,3-9H2,1-2H3,(H,18,19). The van der Waals surface area contributed by atoms with E-state index in [1.165, 1.54) is 16.2 Å². The summed E-state index contributed by atoms with van der Waals surface area (Å²) in [7, 11) is 3.83. The van der Waals surface area contributed by atoms with Gasteiger partial charge in [0.2, 0.25) is 0 Å². The Bertz CT molecular complexity index is 525. The first-order valence-corrected chi connectivity index (χ1v) is 8.12. The predicted octanol–water partition coefficient (Wildman–Crippen LogP) is 1.72. The van der Waals surface area contributed by atoms with Gasteiger partial charge in [-0.3, -0.25) is 9.59 Å². The van der Waals surface area contributed by atoms with Crippen molar-refractivity contribution >= 4 is 23.2 Å². The van der Waals surface area contributed by atoms with Crippen LogP contribution in [0.25, 0.3) is 0 Å². The fourth-order valence-electron chi connectivity index (χ4n) is 2.58. The molecule has 1 aromatic rings. The highest BCUT2D eigenvalue weighted by molar-refractivity contribution is 7.10. The quantitative estimate of drug-likeness (QED) is 0.869. The Morgan fingerprint density at radius 1 is 1.24 bits per heavy atom. The van der Waals surface area contributed by atoms with Gasteiger partial charge in [-0.15, -0.1) is 11.3 Å². The van der Waals surface area contributed by atoms with Gasteiger partial charge in [0.1, 0.15) is 6.54 Å². The van der Waals surface area contributed by atoms with Crippen molar-refractivity contribution in [2.45, 2.75) is 25.7 Å². The van der Waals surface area contributed by atoms with Crippen LogP contribution in [0.4, 0.5) is 0 Å².